The minimum atomic E-state index is -1.00. The van der Waals surface area contributed by atoms with Crippen LogP contribution in [0.2, 0.25) is 0 Å². The molecule has 1 aromatic carbocycles. The Morgan fingerprint density at radius 1 is 1.04 bits per heavy atom. The van der Waals surface area contributed by atoms with Gasteiger partial charge in [-0.2, -0.15) is 0 Å². The molecule has 0 bridgehead atoms. The monoisotopic (exact) mass is 376 g/mol. The number of carbonyl (C=O) groups excluding carboxylic acids is 2. The fourth-order valence-electron chi connectivity index (χ4n) is 4.11. The van der Waals surface area contributed by atoms with Crippen molar-refractivity contribution >= 4 is 29.2 Å². The molecule has 0 heterocycles. The van der Waals surface area contributed by atoms with E-state index in [9.17, 15) is 23.9 Å². The highest BCUT2D eigenvalue weighted by Crippen LogP contribution is 2.58. The zero-order chi connectivity index (χ0) is 19.8. The summed E-state index contributed by atoms with van der Waals surface area (Å²) >= 11 is 0. The Morgan fingerprint density at radius 2 is 1.70 bits per heavy atom. The van der Waals surface area contributed by atoms with Crippen LogP contribution in [0.25, 0.3) is 0 Å². The van der Waals surface area contributed by atoms with Gasteiger partial charge in [-0.1, -0.05) is 33.1 Å². The smallest absolute Gasteiger partial charge is 0.307 e. The van der Waals surface area contributed by atoms with Crippen LogP contribution in [0.4, 0.5) is 15.8 Å². The Hall–Kier alpha value is -2.44. The Kier molecular flexibility index (Phi) is 5.22. The average Bonchev–Trinajstić information content (AvgIpc) is 3.21. The molecule has 7 heteroatoms. The molecule has 0 aliphatic heterocycles. The summed E-state index contributed by atoms with van der Waals surface area (Å²) < 4.78 is 14.1. The van der Waals surface area contributed by atoms with Crippen LogP contribution in [0.1, 0.15) is 46.0 Å². The van der Waals surface area contributed by atoms with Gasteiger partial charge in [-0.15, -0.1) is 0 Å². The molecule has 2 aliphatic carbocycles. The summed E-state index contributed by atoms with van der Waals surface area (Å²) in [6.07, 6.45) is 4.72. The Balaban J connectivity index is 1.67. The summed E-state index contributed by atoms with van der Waals surface area (Å²) in [7, 11) is 0. The molecule has 0 aromatic heterocycles. The van der Waals surface area contributed by atoms with Gasteiger partial charge in [-0.25, -0.2) is 4.39 Å². The number of rotatable bonds is 5. The second kappa shape index (κ2) is 7.29. The average molecular weight is 376 g/mol. The van der Waals surface area contributed by atoms with Gasteiger partial charge in [0, 0.05) is 11.6 Å². The lowest BCUT2D eigenvalue weighted by Crippen LogP contribution is -2.25. The zero-order valence-electron chi connectivity index (χ0n) is 15.5. The first-order chi connectivity index (χ1) is 12.7. The molecule has 2 fully saturated rings. The minimum Gasteiger partial charge on any atom is -0.481 e. The van der Waals surface area contributed by atoms with Crippen LogP contribution < -0.4 is 10.6 Å². The van der Waals surface area contributed by atoms with Gasteiger partial charge in [0.25, 0.3) is 0 Å². The molecule has 1 aromatic rings. The van der Waals surface area contributed by atoms with E-state index in [-0.39, 0.29) is 17.5 Å². The van der Waals surface area contributed by atoms with Gasteiger partial charge < -0.3 is 15.7 Å². The van der Waals surface area contributed by atoms with Crippen molar-refractivity contribution in [1.82, 2.24) is 0 Å². The van der Waals surface area contributed by atoms with Crippen LogP contribution in [0.5, 0.6) is 0 Å². The summed E-state index contributed by atoms with van der Waals surface area (Å²) in [6, 6.07) is 3.95. The number of amides is 2. The van der Waals surface area contributed by atoms with E-state index < -0.39 is 34.9 Å². The van der Waals surface area contributed by atoms with Gasteiger partial charge in [-0.05, 0) is 36.5 Å². The van der Waals surface area contributed by atoms with E-state index in [1.165, 1.54) is 18.2 Å². The molecule has 6 nitrogen and oxygen atoms in total. The number of nitrogens with one attached hydrogen (secondary N) is 2. The molecule has 27 heavy (non-hydrogen) atoms. The van der Waals surface area contributed by atoms with Crippen molar-refractivity contribution in [3.8, 4) is 0 Å². The van der Waals surface area contributed by atoms with E-state index >= 15 is 0 Å². The van der Waals surface area contributed by atoms with E-state index in [0.717, 1.165) is 32.1 Å². The van der Waals surface area contributed by atoms with Gasteiger partial charge in [-0.3, -0.25) is 14.4 Å². The highest BCUT2D eigenvalue weighted by atomic mass is 19.1. The summed E-state index contributed by atoms with van der Waals surface area (Å²) in [5.74, 6) is -3.68. The van der Waals surface area contributed by atoms with Crippen molar-refractivity contribution in [3.63, 3.8) is 0 Å². The maximum Gasteiger partial charge on any atom is 0.307 e. The normalized spacial score (nSPS) is 24.1. The zero-order valence-corrected chi connectivity index (χ0v) is 15.5. The maximum atomic E-state index is 14.1. The highest BCUT2D eigenvalue weighted by Gasteiger charge is 2.65. The first-order valence-corrected chi connectivity index (χ1v) is 9.36. The summed E-state index contributed by atoms with van der Waals surface area (Å²) in [5.41, 5.74) is -0.269. The fraction of sp³-hybridized carbons (Fsp3) is 0.550. The molecule has 3 N–H and O–H groups in total. The van der Waals surface area contributed by atoms with E-state index in [1.807, 2.05) is 0 Å². The Bertz CT molecular complexity index is 771. The molecule has 3 rings (SSSR count). The lowest BCUT2D eigenvalue weighted by Gasteiger charge is -2.21. The quantitative estimate of drug-likeness (QED) is 0.731. The molecule has 146 valence electrons. The third-order valence-corrected chi connectivity index (χ3v) is 5.84. The van der Waals surface area contributed by atoms with Crippen LogP contribution >= 0.6 is 0 Å². The van der Waals surface area contributed by atoms with E-state index in [2.05, 4.69) is 10.6 Å². The second-order valence-corrected chi connectivity index (χ2v) is 8.12. The number of carboxylic acid groups (broad SMARTS) is 1. The summed E-state index contributed by atoms with van der Waals surface area (Å²) in [5, 5.41) is 14.5. The first kappa shape index (κ1) is 19.3. The number of benzene rings is 1. The van der Waals surface area contributed by atoms with Crippen LogP contribution in [-0.4, -0.2) is 22.9 Å². The van der Waals surface area contributed by atoms with Gasteiger partial charge in [0.15, 0.2) is 0 Å². The molecular weight excluding hydrogens is 351 g/mol. The van der Waals surface area contributed by atoms with E-state index in [1.54, 1.807) is 13.8 Å². The van der Waals surface area contributed by atoms with Crippen LogP contribution in [-0.2, 0) is 14.4 Å². The fourth-order valence-corrected chi connectivity index (χ4v) is 4.11. The SMILES string of the molecule is CC1(C)[C@H](C(=O)O)[C@@H]1C(=O)Nc1ccc(F)c(NC(=O)C2CCCCC2)c1. The van der Waals surface area contributed by atoms with Crippen LogP contribution in [0.3, 0.4) is 0 Å². The second-order valence-electron chi connectivity index (χ2n) is 8.12. The first-order valence-electron chi connectivity index (χ1n) is 9.36. The van der Waals surface area contributed by atoms with Crippen molar-refractivity contribution in [2.75, 3.05) is 10.6 Å². The third-order valence-electron chi connectivity index (χ3n) is 5.84. The Morgan fingerprint density at radius 3 is 2.30 bits per heavy atom. The molecule has 0 saturated heterocycles. The molecule has 0 spiro atoms. The number of aliphatic carboxylic acids is 1. The molecule has 2 aliphatic rings. The molecule has 2 atom stereocenters. The molecule has 0 radical (unpaired) electrons. The van der Waals surface area contributed by atoms with Crippen molar-refractivity contribution < 1.29 is 23.9 Å². The summed E-state index contributed by atoms with van der Waals surface area (Å²) in [4.78, 5) is 36.0. The van der Waals surface area contributed by atoms with Crippen molar-refractivity contribution in [1.29, 1.82) is 0 Å². The number of hydrogen-bond acceptors (Lipinski definition) is 3. The largest absolute Gasteiger partial charge is 0.481 e. The predicted octanol–water partition coefficient (Wildman–Crippen LogP) is 3.64. The van der Waals surface area contributed by atoms with Crippen LogP contribution in [0, 0.1) is 29.0 Å². The van der Waals surface area contributed by atoms with Gasteiger partial charge >= 0.3 is 5.97 Å². The lowest BCUT2D eigenvalue weighted by molar-refractivity contribution is -0.140. The standard InChI is InChI=1S/C20H25FN2O4/c1-20(2)15(16(20)19(26)27)18(25)22-12-8-9-13(21)14(10-12)23-17(24)11-6-4-3-5-7-11/h8-11,15-16H,3-7H2,1-2H3,(H,22,25)(H,23,24)(H,26,27)/t15-,16+/m1/s1. The molecule has 2 saturated carbocycles. The predicted molar refractivity (Wildman–Crippen MR) is 98.6 cm³/mol. The van der Waals surface area contributed by atoms with Gasteiger partial charge in [0.05, 0.1) is 17.5 Å². The topological polar surface area (TPSA) is 95.5 Å². The lowest BCUT2D eigenvalue weighted by atomic mass is 9.88. The van der Waals surface area contributed by atoms with Gasteiger partial charge in [0.1, 0.15) is 5.82 Å². The maximum absolute atomic E-state index is 14.1. The Labute approximate surface area is 157 Å². The number of hydrogen-bond donors (Lipinski definition) is 3. The number of halogens is 1. The van der Waals surface area contributed by atoms with Crippen molar-refractivity contribution in [3.05, 3.63) is 24.0 Å². The van der Waals surface area contributed by atoms with Crippen molar-refractivity contribution in [2.24, 2.45) is 23.2 Å². The third kappa shape index (κ3) is 3.96. The molecule has 0 unspecified atom stereocenters. The molecular formula is C20H25FN2O4. The number of carboxylic acids is 1. The molecule has 2 amide bonds. The minimum absolute atomic E-state index is 0.0215. The number of anilines is 2. The number of carbonyl (C=O) groups is 3. The summed E-state index contributed by atoms with van der Waals surface area (Å²) in [6.45, 7) is 3.47. The van der Waals surface area contributed by atoms with Crippen molar-refractivity contribution in [2.45, 2.75) is 46.0 Å². The highest BCUT2D eigenvalue weighted by molar-refractivity contribution is 6.00. The van der Waals surface area contributed by atoms with Crippen LogP contribution in [0.15, 0.2) is 18.2 Å². The van der Waals surface area contributed by atoms with E-state index in [4.69, 9.17) is 0 Å². The van der Waals surface area contributed by atoms with E-state index in [0.29, 0.717) is 5.69 Å². The van der Waals surface area contributed by atoms with Gasteiger partial charge in [0.2, 0.25) is 11.8 Å².